The molecule has 2 aromatic heterocycles. The van der Waals surface area contributed by atoms with Crippen molar-refractivity contribution in [2.24, 2.45) is 11.7 Å². The summed E-state index contributed by atoms with van der Waals surface area (Å²) in [5, 5.41) is 10.3. The molecule has 2 rings (SSSR count). The van der Waals surface area contributed by atoms with Crippen LogP contribution in [0.4, 0.5) is 4.79 Å². The lowest BCUT2D eigenvalue weighted by Crippen LogP contribution is -2.42. The van der Waals surface area contributed by atoms with Crippen LogP contribution in [-0.2, 0) is 4.79 Å². The molecule has 0 unspecified atom stereocenters. The van der Waals surface area contributed by atoms with Crippen LogP contribution in [0.25, 0.3) is 5.65 Å². The second kappa shape index (κ2) is 5.91. The minimum absolute atomic E-state index is 0.00964. The van der Waals surface area contributed by atoms with Crippen LogP contribution in [0.2, 0.25) is 0 Å². The van der Waals surface area contributed by atoms with Gasteiger partial charge in [0.2, 0.25) is 5.91 Å². The largest absolute Gasteiger partial charge is 0.351 e. The van der Waals surface area contributed by atoms with Gasteiger partial charge in [-0.1, -0.05) is 31.7 Å². The molecule has 2 heterocycles. The summed E-state index contributed by atoms with van der Waals surface area (Å²) in [6, 6.07) is 4.68. The summed E-state index contributed by atoms with van der Waals surface area (Å²) in [7, 11) is 0. The van der Waals surface area contributed by atoms with Crippen LogP contribution in [-0.4, -0.2) is 31.8 Å². The monoisotopic (exact) mass is 293 g/mol. The molecular weight excluding hydrogens is 278 g/mol. The molecule has 0 aromatic carbocycles. The number of carbonyl (C=O) groups is 2. The summed E-state index contributed by atoms with van der Waals surface area (Å²) in [5.74, 6) is -0.416. The molecule has 0 aliphatic carbocycles. The minimum atomic E-state index is -0.854. The number of hydrogen-bond donors (Lipinski definition) is 2. The van der Waals surface area contributed by atoms with Crippen LogP contribution in [0.15, 0.2) is 29.6 Å². The molecule has 0 saturated heterocycles. The van der Waals surface area contributed by atoms with Gasteiger partial charge in [-0.2, -0.15) is 0 Å². The number of hydrogen-bond acceptors (Lipinski definition) is 5. The zero-order chi connectivity index (χ0) is 14.7. The van der Waals surface area contributed by atoms with Gasteiger partial charge >= 0.3 is 6.03 Å². The highest BCUT2D eigenvalue weighted by Crippen LogP contribution is 2.27. The molecule has 0 saturated carbocycles. The first-order chi connectivity index (χ1) is 9.49. The Morgan fingerprint density at radius 3 is 2.75 bits per heavy atom. The highest BCUT2D eigenvalue weighted by atomic mass is 32.2. The predicted molar refractivity (Wildman–Crippen MR) is 75.2 cm³/mol. The van der Waals surface area contributed by atoms with E-state index in [1.807, 2.05) is 38.2 Å². The highest BCUT2D eigenvalue weighted by Gasteiger charge is 2.26. The second-order valence-electron chi connectivity index (χ2n) is 4.55. The summed E-state index contributed by atoms with van der Waals surface area (Å²) in [5.41, 5.74) is 5.68. The number of nitrogens with two attached hydrogens (primary N) is 1. The lowest BCUT2D eigenvalue weighted by molar-refractivity contribution is -0.120. The standard InChI is InChI=1S/C12H15N5O2S/c1-7(2)9(10(18)14-11(13)19)20-12-16-15-8-5-3-4-6-17(8)12/h3-7,9H,1-2H3,(H3,13,14,18,19)/t9-/m0/s1. The fourth-order valence-electron chi connectivity index (χ4n) is 1.70. The minimum Gasteiger partial charge on any atom is -0.351 e. The number of fused-ring (bicyclic) bond motifs is 1. The van der Waals surface area contributed by atoms with Crippen molar-refractivity contribution in [3.8, 4) is 0 Å². The second-order valence-corrected chi connectivity index (χ2v) is 5.66. The maximum atomic E-state index is 12.0. The van der Waals surface area contributed by atoms with Gasteiger partial charge in [-0.15, -0.1) is 10.2 Å². The van der Waals surface area contributed by atoms with E-state index in [1.165, 1.54) is 11.8 Å². The molecule has 2 aromatic rings. The molecule has 0 aliphatic heterocycles. The SMILES string of the molecule is CC(C)[C@H](Sc1nnc2ccccn12)C(=O)NC(N)=O. The van der Waals surface area contributed by atoms with Crippen LogP contribution in [0, 0.1) is 5.92 Å². The van der Waals surface area contributed by atoms with E-state index in [9.17, 15) is 9.59 Å². The maximum Gasteiger partial charge on any atom is 0.318 e. The molecule has 20 heavy (non-hydrogen) atoms. The van der Waals surface area contributed by atoms with Crippen molar-refractivity contribution < 1.29 is 9.59 Å². The van der Waals surface area contributed by atoms with Crippen LogP contribution in [0.3, 0.4) is 0 Å². The van der Waals surface area contributed by atoms with E-state index in [1.54, 1.807) is 4.40 Å². The molecule has 106 valence electrons. The molecule has 0 fully saturated rings. The summed E-state index contributed by atoms with van der Waals surface area (Å²) in [4.78, 5) is 22.8. The zero-order valence-electron chi connectivity index (χ0n) is 11.1. The van der Waals surface area contributed by atoms with Crippen LogP contribution < -0.4 is 11.1 Å². The number of thioether (sulfide) groups is 1. The number of aromatic nitrogens is 3. The van der Waals surface area contributed by atoms with Crippen LogP contribution in [0.1, 0.15) is 13.8 Å². The Morgan fingerprint density at radius 1 is 1.35 bits per heavy atom. The third-order valence-corrected chi connectivity index (χ3v) is 4.13. The lowest BCUT2D eigenvalue weighted by atomic mass is 10.1. The molecule has 8 heteroatoms. The lowest BCUT2D eigenvalue weighted by Gasteiger charge is -2.17. The zero-order valence-corrected chi connectivity index (χ0v) is 11.9. The van der Waals surface area contributed by atoms with Gasteiger partial charge in [0.25, 0.3) is 0 Å². The predicted octanol–water partition coefficient (Wildman–Crippen LogP) is 1.04. The third kappa shape index (κ3) is 3.08. The molecule has 0 bridgehead atoms. The highest BCUT2D eigenvalue weighted by molar-refractivity contribution is 8.00. The number of pyridine rings is 1. The van der Waals surface area contributed by atoms with Crippen molar-refractivity contribution in [2.75, 3.05) is 0 Å². The van der Waals surface area contributed by atoms with Gasteiger partial charge in [0.05, 0.1) is 5.25 Å². The molecule has 0 spiro atoms. The van der Waals surface area contributed by atoms with Gasteiger partial charge < -0.3 is 5.73 Å². The van der Waals surface area contributed by atoms with Crippen molar-refractivity contribution in [3.05, 3.63) is 24.4 Å². The summed E-state index contributed by atoms with van der Waals surface area (Å²) in [6.07, 6.45) is 1.82. The molecule has 0 aliphatic rings. The first-order valence-electron chi connectivity index (χ1n) is 6.05. The van der Waals surface area contributed by atoms with E-state index in [2.05, 4.69) is 15.5 Å². The number of urea groups is 1. The number of nitrogens with one attached hydrogen (secondary N) is 1. The van der Waals surface area contributed by atoms with Gasteiger partial charge in [-0.25, -0.2) is 4.79 Å². The van der Waals surface area contributed by atoms with Crippen molar-refractivity contribution in [3.63, 3.8) is 0 Å². The Hall–Kier alpha value is -2.09. The molecule has 3 N–H and O–H groups in total. The Morgan fingerprint density at radius 2 is 2.10 bits per heavy atom. The Kier molecular flexibility index (Phi) is 4.23. The molecule has 0 radical (unpaired) electrons. The van der Waals surface area contributed by atoms with Crippen LogP contribution >= 0.6 is 11.8 Å². The molecule has 7 nitrogen and oxygen atoms in total. The number of rotatable bonds is 4. The van der Waals surface area contributed by atoms with E-state index < -0.39 is 17.2 Å². The average molecular weight is 293 g/mol. The number of nitrogens with zero attached hydrogens (tertiary/aromatic N) is 3. The van der Waals surface area contributed by atoms with Crippen molar-refractivity contribution in [2.45, 2.75) is 24.3 Å². The van der Waals surface area contributed by atoms with Gasteiger partial charge in [0, 0.05) is 6.20 Å². The average Bonchev–Trinajstić information content (AvgIpc) is 2.77. The third-order valence-electron chi connectivity index (χ3n) is 2.63. The Labute approximate surface area is 119 Å². The maximum absolute atomic E-state index is 12.0. The van der Waals surface area contributed by atoms with E-state index in [-0.39, 0.29) is 5.92 Å². The quantitative estimate of drug-likeness (QED) is 0.820. The number of carbonyl (C=O) groups excluding carboxylic acids is 2. The molecular formula is C12H15N5O2S. The fourth-order valence-corrected chi connectivity index (χ4v) is 2.72. The normalized spacial score (nSPS) is 12.6. The van der Waals surface area contributed by atoms with Crippen molar-refractivity contribution in [1.29, 1.82) is 0 Å². The summed E-state index contributed by atoms with van der Waals surface area (Å²) < 4.78 is 1.79. The van der Waals surface area contributed by atoms with Gasteiger partial charge in [0.1, 0.15) is 0 Å². The number of amides is 3. The molecule has 1 atom stereocenters. The number of imide groups is 1. The first-order valence-corrected chi connectivity index (χ1v) is 6.93. The number of primary amides is 1. The van der Waals surface area contributed by atoms with Crippen molar-refractivity contribution >= 4 is 29.3 Å². The van der Waals surface area contributed by atoms with E-state index in [0.717, 1.165) is 0 Å². The molecule has 3 amide bonds. The van der Waals surface area contributed by atoms with E-state index in [4.69, 9.17) is 5.73 Å². The summed E-state index contributed by atoms with van der Waals surface area (Å²) in [6.45, 7) is 3.78. The topological polar surface area (TPSA) is 102 Å². The van der Waals surface area contributed by atoms with Gasteiger partial charge in [-0.3, -0.25) is 14.5 Å². The van der Waals surface area contributed by atoms with E-state index in [0.29, 0.717) is 10.8 Å². The first kappa shape index (κ1) is 14.3. The fraction of sp³-hybridized carbons (Fsp3) is 0.333. The summed E-state index contributed by atoms with van der Waals surface area (Å²) >= 11 is 1.25. The Bertz CT molecular complexity index is 640. The van der Waals surface area contributed by atoms with E-state index >= 15 is 0 Å². The van der Waals surface area contributed by atoms with Crippen LogP contribution in [0.5, 0.6) is 0 Å². The van der Waals surface area contributed by atoms with Gasteiger partial charge in [0.15, 0.2) is 10.8 Å². The Balaban J connectivity index is 2.24. The smallest absolute Gasteiger partial charge is 0.318 e. The van der Waals surface area contributed by atoms with Crippen molar-refractivity contribution in [1.82, 2.24) is 19.9 Å². The van der Waals surface area contributed by atoms with Gasteiger partial charge in [-0.05, 0) is 18.1 Å².